The summed E-state index contributed by atoms with van der Waals surface area (Å²) in [4.78, 5) is 35.0. The lowest BCUT2D eigenvalue weighted by molar-refractivity contribution is 0.112. The van der Waals surface area contributed by atoms with Gasteiger partial charge in [0.25, 0.3) is 5.56 Å². The van der Waals surface area contributed by atoms with Crippen molar-refractivity contribution in [3.05, 3.63) is 63.6 Å². The lowest BCUT2D eigenvalue weighted by atomic mass is 10.0. The van der Waals surface area contributed by atoms with Gasteiger partial charge in [-0.3, -0.25) is 19.1 Å². The third kappa shape index (κ3) is 4.04. The molecule has 0 spiro atoms. The van der Waals surface area contributed by atoms with Gasteiger partial charge in [-0.15, -0.1) is 11.3 Å². The normalized spacial score (nSPS) is 14.3. The van der Waals surface area contributed by atoms with Gasteiger partial charge in [0.15, 0.2) is 6.29 Å². The number of methoxy groups -OCH3 is 1. The van der Waals surface area contributed by atoms with Gasteiger partial charge in [0.05, 0.1) is 29.3 Å². The molecule has 8 heteroatoms. The summed E-state index contributed by atoms with van der Waals surface area (Å²) in [5.41, 5.74) is 2.91. The van der Waals surface area contributed by atoms with Crippen LogP contribution in [0, 0.1) is 0 Å². The largest absolute Gasteiger partial charge is 0.506 e. The monoisotopic (exact) mass is 487 g/mol. The minimum atomic E-state index is -0.194. The van der Waals surface area contributed by atoms with Crippen LogP contribution in [0.5, 0.6) is 11.5 Å². The number of phenols is 1. The summed E-state index contributed by atoms with van der Waals surface area (Å²) in [5.74, 6) is 1.63. The van der Waals surface area contributed by atoms with E-state index < -0.39 is 0 Å². The van der Waals surface area contributed by atoms with Crippen LogP contribution in [0.15, 0.2) is 51.9 Å². The molecule has 0 bridgehead atoms. The van der Waals surface area contributed by atoms with Crippen molar-refractivity contribution in [2.24, 2.45) is 4.99 Å². The van der Waals surface area contributed by atoms with Crippen LogP contribution in [0.2, 0.25) is 0 Å². The molecular formula is C27H25N3O4S. The van der Waals surface area contributed by atoms with Crippen LogP contribution in [0.1, 0.15) is 48.5 Å². The van der Waals surface area contributed by atoms with Crippen LogP contribution in [-0.4, -0.2) is 34.3 Å². The molecule has 5 rings (SSSR count). The molecule has 35 heavy (non-hydrogen) atoms. The Morgan fingerprint density at radius 3 is 2.80 bits per heavy atom. The molecule has 0 amide bonds. The van der Waals surface area contributed by atoms with E-state index in [-0.39, 0.29) is 16.9 Å². The summed E-state index contributed by atoms with van der Waals surface area (Å²) < 4.78 is 7.63. The highest BCUT2D eigenvalue weighted by molar-refractivity contribution is 7.25. The molecule has 0 saturated heterocycles. The summed E-state index contributed by atoms with van der Waals surface area (Å²) in [6, 6.07) is 9.13. The van der Waals surface area contributed by atoms with E-state index >= 15 is 0 Å². The molecule has 0 radical (unpaired) electrons. The van der Waals surface area contributed by atoms with Crippen LogP contribution in [0.25, 0.3) is 31.7 Å². The minimum absolute atomic E-state index is 0.121. The van der Waals surface area contributed by atoms with Gasteiger partial charge in [0.2, 0.25) is 0 Å². The first kappa shape index (κ1) is 23.0. The number of aldehydes is 1. The quantitative estimate of drug-likeness (QED) is 0.267. The zero-order chi connectivity index (χ0) is 24.7. The predicted molar refractivity (Wildman–Crippen MR) is 140 cm³/mol. The fourth-order valence-corrected chi connectivity index (χ4v) is 5.48. The maximum Gasteiger partial charge on any atom is 0.263 e. The van der Waals surface area contributed by atoms with Crippen molar-refractivity contribution in [3.8, 4) is 22.9 Å². The summed E-state index contributed by atoms with van der Waals surface area (Å²) in [5, 5.41) is 11.7. The fourth-order valence-electron chi connectivity index (χ4n) is 4.37. The zero-order valence-electron chi connectivity index (χ0n) is 19.7. The van der Waals surface area contributed by atoms with E-state index in [0.29, 0.717) is 44.9 Å². The molecule has 1 N–H and O–H groups in total. The van der Waals surface area contributed by atoms with Crippen LogP contribution < -0.4 is 10.3 Å². The molecule has 2 heterocycles. The second-order valence-electron chi connectivity index (χ2n) is 8.72. The maximum absolute atomic E-state index is 14.0. The van der Waals surface area contributed by atoms with Gasteiger partial charge in [-0.05, 0) is 68.0 Å². The SMILES string of the molecule is CC=N/C=C(\C)Cn1c(-c2ccc(OC)cc2C2CC2)nc2sc3c(O)c(C=O)ccc3c2c1=O. The van der Waals surface area contributed by atoms with E-state index in [1.165, 1.54) is 17.4 Å². The molecule has 2 aromatic carbocycles. The van der Waals surface area contributed by atoms with Crippen LogP contribution >= 0.6 is 11.3 Å². The van der Waals surface area contributed by atoms with Gasteiger partial charge in [-0.1, -0.05) is 6.07 Å². The number of thiophene rings is 1. The number of phenolic OH excluding ortho intramolecular Hbond substituents is 1. The molecule has 178 valence electrons. The van der Waals surface area contributed by atoms with Crippen molar-refractivity contribution in [2.75, 3.05) is 7.11 Å². The molecule has 1 aliphatic carbocycles. The highest BCUT2D eigenvalue weighted by atomic mass is 32.1. The number of allylic oxidation sites excluding steroid dienone is 1. The second kappa shape index (κ2) is 9.11. The lowest BCUT2D eigenvalue weighted by Gasteiger charge is -2.16. The molecule has 2 aromatic heterocycles. The van der Waals surface area contributed by atoms with Crippen molar-refractivity contribution < 1.29 is 14.6 Å². The lowest BCUT2D eigenvalue weighted by Crippen LogP contribution is -2.24. The first-order valence-electron chi connectivity index (χ1n) is 11.4. The molecule has 0 unspecified atom stereocenters. The number of carbonyl (C=O) groups is 1. The van der Waals surface area contributed by atoms with Crippen molar-refractivity contribution >= 4 is 44.1 Å². The molecule has 1 saturated carbocycles. The third-order valence-electron chi connectivity index (χ3n) is 6.26. The Bertz CT molecular complexity index is 1590. The van der Waals surface area contributed by atoms with Gasteiger partial charge < -0.3 is 9.84 Å². The van der Waals surface area contributed by atoms with Gasteiger partial charge >= 0.3 is 0 Å². The molecule has 1 fully saturated rings. The Labute approximate surface area is 206 Å². The Balaban J connectivity index is 1.83. The number of benzene rings is 2. The van der Waals surface area contributed by atoms with Crippen molar-refractivity contribution in [3.63, 3.8) is 0 Å². The van der Waals surface area contributed by atoms with E-state index in [4.69, 9.17) is 9.72 Å². The van der Waals surface area contributed by atoms with E-state index in [9.17, 15) is 14.7 Å². The number of aromatic nitrogens is 2. The Morgan fingerprint density at radius 2 is 2.11 bits per heavy atom. The van der Waals surface area contributed by atoms with E-state index in [2.05, 4.69) is 4.99 Å². The summed E-state index contributed by atoms with van der Waals surface area (Å²) in [6.45, 7) is 4.09. The maximum atomic E-state index is 14.0. The summed E-state index contributed by atoms with van der Waals surface area (Å²) >= 11 is 1.22. The van der Waals surface area contributed by atoms with E-state index in [1.54, 1.807) is 30.2 Å². The fraction of sp³-hybridized carbons (Fsp3) is 0.259. The minimum Gasteiger partial charge on any atom is -0.506 e. The first-order valence-corrected chi connectivity index (χ1v) is 12.2. The molecule has 4 aromatic rings. The Hall–Kier alpha value is -3.78. The van der Waals surface area contributed by atoms with Crippen molar-refractivity contribution in [1.82, 2.24) is 9.55 Å². The zero-order valence-corrected chi connectivity index (χ0v) is 20.6. The number of aromatic hydroxyl groups is 1. The van der Waals surface area contributed by atoms with Crippen molar-refractivity contribution in [2.45, 2.75) is 39.2 Å². The molecule has 0 atom stereocenters. The first-order chi connectivity index (χ1) is 17.0. The number of hydrogen-bond acceptors (Lipinski definition) is 7. The molecule has 7 nitrogen and oxygen atoms in total. The second-order valence-corrected chi connectivity index (χ2v) is 9.72. The smallest absolute Gasteiger partial charge is 0.263 e. The van der Waals surface area contributed by atoms with Gasteiger partial charge in [-0.2, -0.15) is 0 Å². The van der Waals surface area contributed by atoms with E-state index in [0.717, 1.165) is 35.3 Å². The molecule has 0 aliphatic heterocycles. The number of nitrogens with zero attached hydrogens (tertiary/aromatic N) is 3. The van der Waals surface area contributed by atoms with Crippen molar-refractivity contribution in [1.29, 1.82) is 0 Å². The van der Waals surface area contributed by atoms with Gasteiger partial charge in [-0.25, -0.2) is 4.98 Å². The van der Waals surface area contributed by atoms with Crippen LogP contribution in [0.3, 0.4) is 0 Å². The number of aliphatic imine (C=N–C) groups is 1. The van der Waals surface area contributed by atoms with Crippen LogP contribution in [-0.2, 0) is 6.54 Å². The number of carbonyl (C=O) groups excluding carboxylic acids is 1. The number of fused-ring (bicyclic) bond motifs is 3. The van der Waals surface area contributed by atoms with Gasteiger partial charge in [0, 0.05) is 23.4 Å². The Kier molecular flexibility index (Phi) is 5.98. The number of hydrogen-bond donors (Lipinski definition) is 1. The topological polar surface area (TPSA) is 93.8 Å². The van der Waals surface area contributed by atoms with Crippen LogP contribution in [0.4, 0.5) is 0 Å². The number of rotatable bonds is 7. The van der Waals surface area contributed by atoms with E-state index in [1.807, 2.05) is 32.0 Å². The average Bonchev–Trinajstić information content (AvgIpc) is 3.64. The standard InChI is InChI=1S/C27H25N3O4S/c1-4-28-12-15(2)13-30-25(19-10-8-18(34-3)11-21(19)16-5-6-16)29-26-22(27(30)33)20-9-7-17(14-31)23(32)24(20)35-26/h4,7-12,14,16,32H,5-6,13H2,1-3H3/b15-12+,28-4?. The van der Waals surface area contributed by atoms with Gasteiger partial charge in [0.1, 0.15) is 22.2 Å². The number of ether oxygens (including phenoxy) is 1. The highest BCUT2D eigenvalue weighted by Crippen LogP contribution is 2.46. The summed E-state index contributed by atoms with van der Waals surface area (Å²) in [6.07, 6.45) is 6.22. The summed E-state index contributed by atoms with van der Waals surface area (Å²) in [7, 11) is 1.64. The predicted octanol–water partition coefficient (Wildman–Crippen LogP) is 5.68. The molecular weight excluding hydrogens is 462 g/mol. The highest BCUT2D eigenvalue weighted by Gasteiger charge is 2.29. The third-order valence-corrected chi connectivity index (χ3v) is 7.37. The molecule has 1 aliphatic rings. The Morgan fingerprint density at radius 1 is 1.31 bits per heavy atom. The average molecular weight is 488 g/mol.